The summed E-state index contributed by atoms with van der Waals surface area (Å²) >= 11 is 0. The smallest absolute Gasteiger partial charge is 0.308 e. The second-order valence-corrected chi connectivity index (χ2v) is 7.32. The van der Waals surface area contributed by atoms with E-state index < -0.39 is 11.7 Å². The van der Waals surface area contributed by atoms with Crippen LogP contribution in [0.15, 0.2) is 42.5 Å². The summed E-state index contributed by atoms with van der Waals surface area (Å²) in [5.74, 6) is 0.669. The van der Waals surface area contributed by atoms with Crippen molar-refractivity contribution in [3.05, 3.63) is 42.5 Å². The van der Waals surface area contributed by atoms with Crippen molar-refractivity contribution in [3.63, 3.8) is 0 Å². The number of para-hydroxylation sites is 1. The quantitative estimate of drug-likeness (QED) is 0.370. The van der Waals surface area contributed by atoms with Gasteiger partial charge in [-0.15, -0.1) is 0 Å². The van der Waals surface area contributed by atoms with Crippen molar-refractivity contribution in [2.45, 2.75) is 63.6 Å². The summed E-state index contributed by atoms with van der Waals surface area (Å²) in [5, 5.41) is 20.8. The molecular weight excluding hydrogens is 344 g/mol. The summed E-state index contributed by atoms with van der Waals surface area (Å²) in [6.45, 7) is 2.66. The standard InChI is InChI=1S/C22H32O5/c1-2-26-21(24)17-22(25)14-6-8-18(16-22)12-13-19(23)9-7-15-27-20-10-4-3-5-11-20/h3-5,10-13,18-19,23,25H,2,6-9,14-17H2,1H3/b13-12+. The second kappa shape index (κ2) is 11.1. The van der Waals surface area contributed by atoms with E-state index in [1.165, 1.54) is 0 Å². The molecule has 0 heterocycles. The average molecular weight is 376 g/mol. The predicted molar refractivity (Wildman–Crippen MR) is 104 cm³/mol. The summed E-state index contributed by atoms with van der Waals surface area (Å²) in [6, 6.07) is 9.63. The van der Waals surface area contributed by atoms with Crippen molar-refractivity contribution in [1.29, 1.82) is 0 Å². The Hall–Kier alpha value is -1.85. The summed E-state index contributed by atoms with van der Waals surface area (Å²) in [4.78, 5) is 11.7. The molecule has 2 rings (SSSR count). The van der Waals surface area contributed by atoms with Crippen molar-refractivity contribution in [2.24, 2.45) is 5.92 Å². The minimum Gasteiger partial charge on any atom is -0.494 e. The lowest BCUT2D eigenvalue weighted by Crippen LogP contribution is -2.37. The zero-order valence-electron chi connectivity index (χ0n) is 16.2. The van der Waals surface area contributed by atoms with Crippen molar-refractivity contribution in [2.75, 3.05) is 13.2 Å². The largest absolute Gasteiger partial charge is 0.494 e. The highest BCUT2D eigenvalue weighted by Gasteiger charge is 2.35. The molecule has 0 amide bonds. The second-order valence-electron chi connectivity index (χ2n) is 7.32. The Labute approximate surface area is 162 Å². The Morgan fingerprint density at radius 1 is 1.37 bits per heavy atom. The van der Waals surface area contributed by atoms with Crippen LogP contribution in [0.25, 0.3) is 0 Å². The zero-order chi connectivity index (χ0) is 19.5. The van der Waals surface area contributed by atoms with Gasteiger partial charge < -0.3 is 19.7 Å². The first kappa shape index (κ1) is 21.5. The van der Waals surface area contributed by atoms with Crippen LogP contribution in [0.2, 0.25) is 0 Å². The van der Waals surface area contributed by atoms with Crippen LogP contribution in [0.4, 0.5) is 0 Å². The molecule has 5 heteroatoms. The third-order valence-electron chi connectivity index (χ3n) is 4.90. The van der Waals surface area contributed by atoms with E-state index in [0.29, 0.717) is 32.5 Å². The van der Waals surface area contributed by atoms with Crippen molar-refractivity contribution in [3.8, 4) is 5.75 Å². The van der Waals surface area contributed by atoms with Crippen LogP contribution in [0.1, 0.15) is 51.9 Å². The van der Waals surface area contributed by atoms with Gasteiger partial charge in [-0.25, -0.2) is 0 Å². The molecule has 3 atom stereocenters. The number of hydrogen-bond donors (Lipinski definition) is 2. The number of rotatable bonds is 10. The Balaban J connectivity index is 1.69. The summed E-state index contributed by atoms with van der Waals surface area (Å²) in [6.07, 6.45) is 7.69. The third kappa shape index (κ3) is 8.14. The van der Waals surface area contributed by atoms with E-state index in [9.17, 15) is 15.0 Å². The fourth-order valence-corrected chi connectivity index (χ4v) is 3.57. The minimum atomic E-state index is -0.992. The van der Waals surface area contributed by atoms with Crippen LogP contribution < -0.4 is 4.74 Å². The van der Waals surface area contributed by atoms with E-state index in [1.807, 2.05) is 42.5 Å². The van der Waals surface area contributed by atoms with E-state index in [1.54, 1.807) is 6.92 Å². The fraction of sp³-hybridized carbons (Fsp3) is 0.591. The molecule has 5 nitrogen and oxygen atoms in total. The van der Waals surface area contributed by atoms with Gasteiger partial charge in [0.2, 0.25) is 0 Å². The summed E-state index contributed by atoms with van der Waals surface area (Å²) in [7, 11) is 0. The first-order valence-corrected chi connectivity index (χ1v) is 9.93. The number of allylic oxidation sites excluding steroid dienone is 1. The normalized spacial score (nSPS) is 23.9. The van der Waals surface area contributed by atoms with Crippen molar-refractivity contribution in [1.82, 2.24) is 0 Å². The topological polar surface area (TPSA) is 76.0 Å². The molecule has 0 bridgehead atoms. The van der Waals surface area contributed by atoms with Crippen molar-refractivity contribution < 1.29 is 24.5 Å². The number of hydrogen-bond acceptors (Lipinski definition) is 5. The third-order valence-corrected chi connectivity index (χ3v) is 4.90. The maximum absolute atomic E-state index is 11.7. The predicted octanol–water partition coefficient (Wildman–Crippen LogP) is 3.64. The number of aliphatic hydroxyl groups is 2. The van der Waals surface area contributed by atoms with Gasteiger partial charge in [0.05, 0.1) is 31.3 Å². The Morgan fingerprint density at radius 2 is 2.15 bits per heavy atom. The summed E-state index contributed by atoms with van der Waals surface area (Å²) in [5.41, 5.74) is -0.992. The molecule has 1 fully saturated rings. The van der Waals surface area contributed by atoms with Crippen LogP contribution in [-0.2, 0) is 9.53 Å². The van der Waals surface area contributed by atoms with E-state index >= 15 is 0 Å². The van der Waals surface area contributed by atoms with Gasteiger partial charge in [-0.3, -0.25) is 4.79 Å². The van der Waals surface area contributed by atoms with Crippen LogP contribution >= 0.6 is 0 Å². The molecule has 27 heavy (non-hydrogen) atoms. The molecular formula is C22H32O5. The number of carbonyl (C=O) groups excluding carboxylic acids is 1. The minimum absolute atomic E-state index is 0.0462. The van der Waals surface area contributed by atoms with E-state index in [4.69, 9.17) is 9.47 Å². The summed E-state index contributed by atoms with van der Waals surface area (Å²) < 4.78 is 10.6. The number of ether oxygens (including phenoxy) is 2. The Morgan fingerprint density at radius 3 is 2.89 bits per heavy atom. The van der Waals surface area contributed by atoms with Gasteiger partial charge >= 0.3 is 5.97 Å². The van der Waals surface area contributed by atoms with Gasteiger partial charge in [0, 0.05) is 0 Å². The average Bonchev–Trinajstić information content (AvgIpc) is 2.64. The number of aliphatic hydroxyl groups excluding tert-OH is 1. The van der Waals surface area contributed by atoms with Gasteiger partial charge in [-0.1, -0.05) is 30.4 Å². The van der Waals surface area contributed by atoms with E-state index in [0.717, 1.165) is 25.0 Å². The molecule has 150 valence electrons. The van der Waals surface area contributed by atoms with Gasteiger partial charge in [0.25, 0.3) is 0 Å². The lowest BCUT2D eigenvalue weighted by molar-refractivity contribution is -0.150. The highest BCUT2D eigenvalue weighted by atomic mass is 16.5. The first-order chi connectivity index (χ1) is 13.0. The van der Waals surface area contributed by atoms with Crippen LogP contribution in [0.3, 0.4) is 0 Å². The van der Waals surface area contributed by atoms with Crippen molar-refractivity contribution >= 4 is 5.97 Å². The number of carbonyl (C=O) groups is 1. The Bertz CT molecular complexity index is 586. The highest BCUT2D eigenvalue weighted by Crippen LogP contribution is 2.35. The molecule has 2 N–H and O–H groups in total. The maximum Gasteiger partial charge on any atom is 0.308 e. The van der Waals surface area contributed by atoms with E-state index in [-0.39, 0.29) is 18.3 Å². The molecule has 1 aliphatic rings. The van der Waals surface area contributed by atoms with Gasteiger partial charge in [0.1, 0.15) is 5.75 Å². The molecule has 0 aliphatic heterocycles. The zero-order valence-corrected chi connectivity index (χ0v) is 16.2. The van der Waals surface area contributed by atoms with Gasteiger partial charge in [-0.05, 0) is 63.5 Å². The maximum atomic E-state index is 11.7. The molecule has 0 spiro atoms. The lowest BCUT2D eigenvalue weighted by Gasteiger charge is -2.35. The fourth-order valence-electron chi connectivity index (χ4n) is 3.57. The molecule has 1 aromatic rings. The molecule has 1 aromatic carbocycles. The van der Waals surface area contributed by atoms with Gasteiger partial charge in [0.15, 0.2) is 0 Å². The SMILES string of the molecule is CCOC(=O)CC1(O)CCCC(/C=C/C(O)CCCOc2ccccc2)C1. The molecule has 0 radical (unpaired) electrons. The van der Waals surface area contributed by atoms with Gasteiger partial charge in [-0.2, -0.15) is 0 Å². The molecule has 0 saturated heterocycles. The lowest BCUT2D eigenvalue weighted by atomic mass is 9.76. The Kier molecular flexibility index (Phi) is 8.82. The van der Waals surface area contributed by atoms with Crippen LogP contribution in [0, 0.1) is 5.92 Å². The molecule has 1 saturated carbocycles. The highest BCUT2D eigenvalue weighted by molar-refractivity contribution is 5.70. The van der Waals surface area contributed by atoms with Crippen LogP contribution in [0.5, 0.6) is 5.75 Å². The monoisotopic (exact) mass is 376 g/mol. The molecule has 0 aromatic heterocycles. The van der Waals surface area contributed by atoms with Crippen LogP contribution in [-0.4, -0.2) is 41.1 Å². The molecule has 1 aliphatic carbocycles. The number of benzene rings is 1. The molecule has 3 unspecified atom stereocenters. The van der Waals surface area contributed by atoms with E-state index in [2.05, 4.69) is 0 Å². The first-order valence-electron chi connectivity index (χ1n) is 9.93. The number of esters is 1.